The molecule has 0 spiro atoms. The number of nitrogens with zero attached hydrogens (tertiary/aromatic N) is 2. The number of aromatic nitrogens is 2. The molecule has 3 nitrogen and oxygen atoms in total. The Kier molecular flexibility index (Phi) is 4.29. The van der Waals surface area contributed by atoms with E-state index in [-0.39, 0.29) is 0 Å². The molecule has 1 aromatic rings. The Balaban J connectivity index is 2.53. The van der Waals surface area contributed by atoms with E-state index in [4.69, 9.17) is 0 Å². The van der Waals surface area contributed by atoms with Crippen molar-refractivity contribution in [2.24, 2.45) is 0 Å². The van der Waals surface area contributed by atoms with Crippen LogP contribution in [0.2, 0.25) is 0 Å². The highest BCUT2D eigenvalue weighted by atomic mass is 19.1. The molecule has 1 heterocycles. The number of hydrogen-bond donors (Lipinski definition) is 1. The van der Waals surface area contributed by atoms with Gasteiger partial charge in [0.1, 0.15) is 0 Å². The summed E-state index contributed by atoms with van der Waals surface area (Å²) in [6.07, 6.45) is 5.57. The van der Waals surface area contributed by atoms with Crippen LogP contribution in [0.5, 0.6) is 0 Å². The normalized spacial score (nSPS) is 12.5. The first-order valence-corrected chi connectivity index (χ1v) is 5.00. The van der Waals surface area contributed by atoms with Crippen LogP contribution in [0.25, 0.3) is 0 Å². The quantitative estimate of drug-likeness (QED) is 0.788. The molecule has 0 fully saturated rings. The largest absolute Gasteiger partial charge is 0.352 e. The first-order chi connectivity index (χ1) is 6.76. The molecule has 0 aliphatic heterocycles. The van der Waals surface area contributed by atoms with Crippen LogP contribution in [0.1, 0.15) is 33.1 Å². The van der Waals surface area contributed by atoms with Gasteiger partial charge in [0.15, 0.2) is 5.82 Å². The Labute approximate surface area is 83.8 Å². The van der Waals surface area contributed by atoms with Gasteiger partial charge in [-0.15, -0.1) is 0 Å². The minimum Gasteiger partial charge on any atom is -0.352 e. The molecule has 1 aromatic heterocycles. The Hall–Kier alpha value is -1.19. The molecule has 0 saturated heterocycles. The van der Waals surface area contributed by atoms with E-state index < -0.39 is 5.82 Å². The average Bonchev–Trinajstić information content (AvgIpc) is 2.20. The van der Waals surface area contributed by atoms with Gasteiger partial charge >= 0.3 is 0 Å². The fourth-order valence-electron chi connectivity index (χ4n) is 1.30. The molecule has 0 saturated carbocycles. The lowest BCUT2D eigenvalue weighted by Gasteiger charge is -2.15. The fraction of sp³-hybridized carbons (Fsp3) is 0.600. The molecule has 14 heavy (non-hydrogen) atoms. The molecule has 4 heteroatoms. The van der Waals surface area contributed by atoms with E-state index in [0.29, 0.717) is 12.0 Å². The van der Waals surface area contributed by atoms with Gasteiger partial charge in [0.05, 0.1) is 12.4 Å². The molecule has 0 aromatic carbocycles. The van der Waals surface area contributed by atoms with Gasteiger partial charge in [-0.1, -0.05) is 20.3 Å². The predicted molar refractivity (Wildman–Crippen MR) is 54.6 cm³/mol. The third-order valence-corrected chi connectivity index (χ3v) is 2.08. The highest BCUT2D eigenvalue weighted by molar-refractivity contribution is 5.24. The Morgan fingerprint density at radius 2 is 2.00 bits per heavy atom. The zero-order valence-corrected chi connectivity index (χ0v) is 8.63. The first-order valence-electron chi connectivity index (χ1n) is 5.00. The third kappa shape index (κ3) is 3.28. The second-order valence-electron chi connectivity index (χ2n) is 3.26. The SMILES string of the molecule is CCCC(CC)Nc1ncc(F)cn1. The van der Waals surface area contributed by atoms with Crippen molar-refractivity contribution in [3.05, 3.63) is 18.2 Å². The van der Waals surface area contributed by atoms with Crippen molar-refractivity contribution in [3.8, 4) is 0 Å². The van der Waals surface area contributed by atoms with Gasteiger partial charge in [-0.25, -0.2) is 14.4 Å². The topological polar surface area (TPSA) is 37.8 Å². The first kappa shape index (κ1) is 10.9. The number of hydrogen-bond acceptors (Lipinski definition) is 3. The van der Waals surface area contributed by atoms with E-state index >= 15 is 0 Å². The molecule has 0 radical (unpaired) electrons. The summed E-state index contributed by atoms with van der Waals surface area (Å²) in [6.45, 7) is 4.24. The Bertz CT molecular complexity index is 261. The summed E-state index contributed by atoms with van der Waals surface area (Å²) in [6, 6.07) is 0.380. The van der Waals surface area contributed by atoms with Gasteiger partial charge in [-0.2, -0.15) is 0 Å². The molecular formula is C10H16FN3. The van der Waals surface area contributed by atoms with Crippen LogP contribution >= 0.6 is 0 Å². The van der Waals surface area contributed by atoms with Crippen LogP contribution in [-0.2, 0) is 0 Å². The molecule has 1 N–H and O–H groups in total. The van der Waals surface area contributed by atoms with E-state index in [9.17, 15) is 4.39 Å². The summed E-state index contributed by atoms with van der Waals surface area (Å²) in [5, 5.41) is 3.17. The van der Waals surface area contributed by atoms with Crippen molar-refractivity contribution in [1.29, 1.82) is 0 Å². The minimum absolute atomic E-state index is 0.380. The molecular weight excluding hydrogens is 181 g/mol. The standard InChI is InChI=1S/C10H16FN3/c1-3-5-9(4-2)14-10-12-6-8(11)7-13-10/h6-7,9H,3-5H2,1-2H3,(H,12,13,14). The van der Waals surface area contributed by atoms with Crippen LogP contribution in [0, 0.1) is 5.82 Å². The van der Waals surface area contributed by atoms with Crippen LogP contribution in [-0.4, -0.2) is 16.0 Å². The van der Waals surface area contributed by atoms with Crippen molar-refractivity contribution in [2.45, 2.75) is 39.2 Å². The Morgan fingerprint density at radius 3 is 2.50 bits per heavy atom. The van der Waals surface area contributed by atoms with E-state index in [0.717, 1.165) is 19.3 Å². The van der Waals surface area contributed by atoms with Gasteiger partial charge in [0.25, 0.3) is 0 Å². The summed E-state index contributed by atoms with van der Waals surface area (Å²) in [7, 11) is 0. The van der Waals surface area contributed by atoms with Crippen molar-refractivity contribution in [1.82, 2.24) is 9.97 Å². The lowest BCUT2D eigenvalue weighted by atomic mass is 10.1. The number of rotatable bonds is 5. The highest BCUT2D eigenvalue weighted by Gasteiger charge is 2.05. The van der Waals surface area contributed by atoms with Crippen molar-refractivity contribution >= 4 is 5.95 Å². The van der Waals surface area contributed by atoms with E-state index in [1.165, 1.54) is 12.4 Å². The number of halogens is 1. The monoisotopic (exact) mass is 197 g/mol. The number of anilines is 1. The zero-order chi connectivity index (χ0) is 10.4. The highest BCUT2D eigenvalue weighted by Crippen LogP contribution is 2.07. The van der Waals surface area contributed by atoms with Crippen LogP contribution in [0.15, 0.2) is 12.4 Å². The minimum atomic E-state index is -0.404. The van der Waals surface area contributed by atoms with Gasteiger partial charge in [0.2, 0.25) is 5.95 Å². The maximum Gasteiger partial charge on any atom is 0.222 e. The second kappa shape index (κ2) is 5.52. The van der Waals surface area contributed by atoms with Gasteiger partial charge in [0, 0.05) is 6.04 Å². The Morgan fingerprint density at radius 1 is 1.36 bits per heavy atom. The fourth-order valence-corrected chi connectivity index (χ4v) is 1.30. The smallest absolute Gasteiger partial charge is 0.222 e. The maximum absolute atomic E-state index is 12.5. The second-order valence-corrected chi connectivity index (χ2v) is 3.26. The lowest BCUT2D eigenvalue weighted by molar-refractivity contribution is 0.602. The van der Waals surface area contributed by atoms with Gasteiger partial charge in [-0.3, -0.25) is 0 Å². The summed E-state index contributed by atoms with van der Waals surface area (Å²) in [4.78, 5) is 7.70. The third-order valence-electron chi connectivity index (χ3n) is 2.08. The molecule has 1 unspecified atom stereocenters. The molecule has 0 bridgehead atoms. The molecule has 1 atom stereocenters. The van der Waals surface area contributed by atoms with Crippen LogP contribution in [0.3, 0.4) is 0 Å². The summed E-state index contributed by atoms with van der Waals surface area (Å²) < 4.78 is 12.5. The van der Waals surface area contributed by atoms with E-state index in [2.05, 4.69) is 29.1 Å². The zero-order valence-electron chi connectivity index (χ0n) is 8.63. The molecule has 78 valence electrons. The molecule has 1 rings (SSSR count). The average molecular weight is 197 g/mol. The van der Waals surface area contributed by atoms with E-state index in [1.807, 2.05) is 0 Å². The van der Waals surface area contributed by atoms with Crippen LogP contribution in [0.4, 0.5) is 10.3 Å². The molecule has 0 aliphatic rings. The summed E-state index contributed by atoms with van der Waals surface area (Å²) >= 11 is 0. The lowest BCUT2D eigenvalue weighted by Crippen LogP contribution is -2.19. The molecule has 0 amide bonds. The van der Waals surface area contributed by atoms with Crippen LogP contribution < -0.4 is 5.32 Å². The van der Waals surface area contributed by atoms with Crippen molar-refractivity contribution < 1.29 is 4.39 Å². The number of nitrogens with one attached hydrogen (secondary N) is 1. The van der Waals surface area contributed by atoms with E-state index in [1.54, 1.807) is 0 Å². The van der Waals surface area contributed by atoms with Gasteiger partial charge in [-0.05, 0) is 12.8 Å². The maximum atomic E-state index is 12.5. The molecule has 0 aliphatic carbocycles. The van der Waals surface area contributed by atoms with Gasteiger partial charge < -0.3 is 5.32 Å². The predicted octanol–water partition coefficient (Wildman–Crippen LogP) is 2.61. The van der Waals surface area contributed by atoms with Crippen molar-refractivity contribution in [3.63, 3.8) is 0 Å². The van der Waals surface area contributed by atoms with Crippen molar-refractivity contribution in [2.75, 3.05) is 5.32 Å². The summed E-state index contributed by atoms with van der Waals surface area (Å²) in [5.74, 6) is 0.103. The summed E-state index contributed by atoms with van der Waals surface area (Å²) in [5.41, 5.74) is 0.